The lowest BCUT2D eigenvalue weighted by atomic mass is 10.2. The summed E-state index contributed by atoms with van der Waals surface area (Å²) in [6.07, 6.45) is 0. The molecule has 0 aliphatic carbocycles. The number of carbonyl (C=O) groups is 1. The number of hydrogen-bond donors (Lipinski definition) is 1. The zero-order valence-electron chi connectivity index (χ0n) is 10.2. The highest BCUT2D eigenvalue weighted by Crippen LogP contribution is 2.30. The van der Waals surface area contributed by atoms with E-state index in [2.05, 4.69) is 5.32 Å². The van der Waals surface area contributed by atoms with E-state index in [1.807, 2.05) is 13.0 Å². The van der Waals surface area contributed by atoms with Crippen molar-refractivity contribution in [3.8, 4) is 5.75 Å². The first-order valence-corrected chi connectivity index (χ1v) is 5.70. The average Bonchev–Trinajstić information content (AvgIpc) is 2.30. The molecule has 0 saturated carbocycles. The molecule has 1 N–H and O–H groups in total. The highest BCUT2D eigenvalue weighted by Gasteiger charge is 2.08. The van der Waals surface area contributed by atoms with Gasteiger partial charge in [-0.1, -0.05) is 11.6 Å². The van der Waals surface area contributed by atoms with Crippen molar-refractivity contribution in [2.75, 3.05) is 25.6 Å². The molecule has 1 rings (SSSR count). The predicted molar refractivity (Wildman–Crippen MR) is 67.9 cm³/mol. The topological polar surface area (TPSA) is 47.6 Å². The Hall–Kier alpha value is -1.42. The van der Waals surface area contributed by atoms with Gasteiger partial charge in [-0.25, -0.2) is 0 Å². The van der Waals surface area contributed by atoms with Crippen LogP contribution >= 0.6 is 11.6 Å². The molecule has 0 unspecified atom stereocenters. The van der Waals surface area contributed by atoms with Gasteiger partial charge in [0.2, 0.25) is 0 Å². The molecule has 5 heteroatoms. The van der Waals surface area contributed by atoms with Gasteiger partial charge in [0.25, 0.3) is 0 Å². The fourth-order valence-electron chi connectivity index (χ4n) is 1.34. The Kier molecular flexibility index (Phi) is 5.10. The summed E-state index contributed by atoms with van der Waals surface area (Å²) in [5.74, 6) is 0.336. The SMILES string of the molecule is CCOC(=O)CNc1cc(Cl)c(C)cc1OC. The highest BCUT2D eigenvalue weighted by atomic mass is 35.5. The summed E-state index contributed by atoms with van der Waals surface area (Å²) < 4.78 is 10.0. The molecular formula is C12H16ClNO3. The standard InChI is InChI=1S/C12H16ClNO3/c1-4-17-12(15)7-14-10-6-9(13)8(2)5-11(10)16-3/h5-6,14H,4,7H2,1-3H3. The number of benzene rings is 1. The molecule has 94 valence electrons. The number of anilines is 1. The van der Waals surface area contributed by atoms with Gasteiger partial charge in [0.05, 0.1) is 19.4 Å². The lowest BCUT2D eigenvalue weighted by Gasteiger charge is -2.12. The monoisotopic (exact) mass is 257 g/mol. The Morgan fingerprint density at radius 2 is 2.18 bits per heavy atom. The van der Waals surface area contributed by atoms with Gasteiger partial charge in [-0.05, 0) is 31.5 Å². The number of methoxy groups -OCH3 is 1. The van der Waals surface area contributed by atoms with Gasteiger partial charge in [0.1, 0.15) is 12.3 Å². The van der Waals surface area contributed by atoms with E-state index in [0.717, 1.165) is 5.56 Å². The predicted octanol–water partition coefficient (Wildman–Crippen LogP) is 2.63. The van der Waals surface area contributed by atoms with E-state index >= 15 is 0 Å². The smallest absolute Gasteiger partial charge is 0.325 e. The molecule has 4 nitrogen and oxygen atoms in total. The van der Waals surface area contributed by atoms with Crippen molar-refractivity contribution in [3.05, 3.63) is 22.7 Å². The van der Waals surface area contributed by atoms with Crippen LogP contribution < -0.4 is 10.1 Å². The Balaban J connectivity index is 2.76. The first-order chi connectivity index (χ1) is 8.08. The summed E-state index contributed by atoms with van der Waals surface area (Å²) in [6.45, 7) is 4.11. The number of esters is 1. The Morgan fingerprint density at radius 3 is 2.76 bits per heavy atom. The summed E-state index contributed by atoms with van der Waals surface area (Å²) in [5, 5.41) is 3.56. The van der Waals surface area contributed by atoms with Crippen molar-refractivity contribution in [3.63, 3.8) is 0 Å². The van der Waals surface area contributed by atoms with Crippen LogP contribution in [0.5, 0.6) is 5.75 Å². The number of rotatable bonds is 5. The minimum absolute atomic E-state index is 0.0869. The first-order valence-electron chi connectivity index (χ1n) is 5.32. The van der Waals surface area contributed by atoms with Gasteiger partial charge >= 0.3 is 5.97 Å². The molecule has 0 fully saturated rings. The van der Waals surface area contributed by atoms with Crippen molar-refractivity contribution in [1.29, 1.82) is 0 Å². The van der Waals surface area contributed by atoms with Crippen molar-refractivity contribution < 1.29 is 14.3 Å². The van der Waals surface area contributed by atoms with Crippen LogP contribution in [0.15, 0.2) is 12.1 Å². The molecule has 0 bridgehead atoms. The Morgan fingerprint density at radius 1 is 1.47 bits per heavy atom. The van der Waals surface area contributed by atoms with Gasteiger partial charge in [-0.2, -0.15) is 0 Å². The van der Waals surface area contributed by atoms with Crippen LogP contribution in [-0.4, -0.2) is 26.2 Å². The van der Waals surface area contributed by atoms with Gasteiger partial charge in [0, 0.05) is 5.02 Å². The van der Waals surface area contributed by atoms with Crippen LogP contribution in [-0.2, 0) is 9.53 Å². The fraction of sp³-hybridized carbons (Fsp3) is 0.417. The summed E-state index contributed by atoms with van der Waals surface area (Å²) in [5.41, 5.74) is 1.60. The average molecular weight is 258 g/mol. The van der Waals surface area contributed by atoms with Crippen molar-refractivity contribution >= 4 is 23.3 Å². The van der Waals surface area contributed by atoms with E-state index in [0.29, 0.717) is 23.1 Å². The van der Waals surface area contributed by atoms with Crippen molar-refractivity contribution in [2.24, 2.45) is 0 Å². The molecule has 0 radical (unpaired) electrons. The zero-order valence-corrected chi connectivity index (χ0v) is 10.9. The van der Waals surface area contributed by atoms with Crippen molar-refractivity contribution in [1.82, 2.24) is 0 Å². The maximum Gasteiger partial charge on any atom is 0.325 e. The molecule has 0 aliphatic heterocycles. The second kappa shape index (κ2) is 6.35. The Labute approximate surface area is 106 Å². The minimum atomic E-state index is -0.314. The molecule has 17 heavy (non-hydrogen) atoms. The third-order valence-electron chi connectivity index (χ3n) is 2.21. The summed E-state index contributed by atoms with van der Waals surface area (Å²) in [6, 6.07) is 3.55. The molecule has 0 heterocycles. The van der Waals surface area contributed by atoms with Crippen LogP contribution in [0.1, 0.15) is 12.5 Å². The largest absolute Gasteiger partial charge is 0.495 e. The lowest BCUT2D eigenvalue weighted by Crippen LogP contribution is -2.17. The summed E-state index contributed by atoms with van der Waals surface area (Å²) in [4.78, 5) is 11.2. The second-order valence-corrected chi connectivity index (χ2v) is 3.87. The maximum absolute atomic E-state index is 11.2. The van der Waals surface area contributed by atoms with Crippen LogP contribution in [0, 0.1) is 6.92 Å². The van der Waals surface area contributed by atoms with Crippen LogP contribution in [0.4, 0.5) is 5.69 Å². The zero-order chi connectivity index (χ0) is 12.8. The summed E-state index contributed by atoms with van der Waals surface area (Å²) in [7, 11) is 1.57. The first kappa shape index (κ1) is 13.6. The molecular weight excluding hydrogens is 242 g/mol. The number of nitrogens with one attached hydrogen (secondary N) is 1. The molecule has 1 aromatic carbocycles. The minimum Gasteiger partial charge on any atom is -0.495 e. The van der Waals surface area contributed by atoms with Crippen molar-refractivity contribution in [2.45, 2.75) is 13.8 Å². The molecule has 0 atom stereocenters. The van der Waals surface area contributed by atoms with E-state index in [1.165, 1.54) is 0 Å². The Bertz CT molecular complexity index is 407. The number of aryl methyl sites for hydroxylation is 1. The normalized spacial score (nSPS) is 9.88. The van der Waals surface area contributed by atoms with E-state index < -0.39 is 0 Å². The quantitative estimate of drug-likeness (QED) is 0.824. The van der Waals surface area contributed by atoms with Crippen LogP contribution in [0.3, 0.4) is 0 Å². The fourth-order valence-corrected chi connectivity index (χ4v) is 1.51. The van der Waals surface area contributed by atoms with Crippen LogP contribution in [0.25, 0.3) is 0 Å². The van der Waals surface area contributed by atoms with Crippen LogP contribution in [0.2, 0.25) is 5.02 Å². The highest BCUT2D eigenvalue weighted by molar-refractivity contribution is 6.31. The second-order valence-electron chi connectivity index (χ2n) is 3.46. The van der Waals surface area contributed by atoms with Gasteiger partial charge in [-0.15, -0.1) is 0 Å². The van der Waals surface area contributed by atoms with E-state index in [9.17, 15) is 4.79 Å². The number of ether oxygens (including phenoxy) is 2. The lowest BCUT2D eigenvalue weighted by molar-refractivity contribution is -0.140. The third-order valence-corrected chi connectivity index (χ3v) is 2.62. The van der Waals surface area contributed by atoms with Gasteiger partial charge in [-0.3, -0.25) is 4.79 Å². The molecule has 0 spiro atoms. The van der Waals surface area contributed by atoms with Gasteiger partial charge in [0.15, 0.2) is 0 Å². The number of halogens is 1. The van der Waals surface area contributed by atoms with E-state index in [-0.39, 0.29) is 12.5 Å². The molecule has 0 aromatic heterocycles. The molecule has 0 amide bonds. The molecule has 0 saturated heterocycles. The van der Waals surface area contributed by atoms with E-state index in [1.54, 1.807) is 20.1 Å². The number of carbonyl (C=O) groups excluding carboxylic acids is 1. The maximum atomic E-state index is 11.2. The van der Waals surface area contributed by atoms with Gasteiger partial charge < -0.3 is 14.8 Å². The molecule has 1 aromatic rings. The van der Waals surface area contributed by atoms with E-state index in [4.69, 9.17) is 21.1 Å². The molecule has 0 aliphatic rings. The number of hydrogen-bond acceptors (Lipinski definition) is 4. The third kappa shape index (κ3) is 3.82. The summed E-state index contributed by atoms with van der Waals surface area (Å²) >= 11 is 6.01.